The van der Waals surface area contributed by atoms with Crippen LogP contribution in [0, 0.1) is 5.92 Å². The fourth-order valence-corrected chi connectivity index (χ4v) is 0.951. The minimum atomic E-state index is -0.537. The standard InChI is InChI=1S/C10H21N3O2/c1-5-7(2)9(11)10(15)12-6-8(14)13(3)4/h7,9H,5-6,11H2,1-4H3,(H,12,15)/t7-,9-/m0/s1. The zero-order chi connectivity index (χ0) is 12.0. The molecule has 0 rings (SSSR count). The minimum Gasteiger partial charge on any atom is -0.347 e. The second-order valence-electron chi connectivity index (χ2n) is 3.92. The lowest BCUT2D eigenvalue weighted by Crippen LogP contribution is -2.47. The first-order valence-electron chi connectivity index (χ1n) is 5.13. The first kappa shape index (κ1) is 13.9. The summed E-state index contributed by atoms with van der Waals surface area (Å²) in [5.74, 6) is -0.279. The summed E-state index contributed by atoms with van der Waals surface area (Å²) in [6.07, 6.45) is 0.843. The topological polar surface area (TPSA) is 75.4 Å². The monoisotopic (exact) mass is 215 g/mol. The van der Waals surface area contributed by atoms with Gasteiger partial charge < -0.3 is 16.0 Å². The molecule has 0 saturated heterocycles. The number of hydrogen-bond donors (Lipinski definition) is 2. The van der Waals surface area contributed by atoms with Crippen molar-refractivity contribution in [1.29, 1.82) is 0 Å². The number of nitrogens with two attached hydrogens (primary N) is 1. The van der Waals surface area contributed by atoms with E-state index in [4.69, 9.17) is 5.73 Å². The molecule has 0 bridgehead atoms. The van der Waals surface area contributed by atoms with Crippen molar-refractivity contribution in [3.8, 4) is 0 Å². The molecular formula is C10H21N3O2. The quantitative estimate of drug-likeness (QED) is 0.653. The Kier molecular flexibility index (Phi) is 5.93. The van der Waals surface area contributed by atoms with Gasteiger partial charge in [-0.2, -0.15) is 0 Å². The normalized spacial score (nSPS) is 14.2. The summed E-state index contributed by atoms with van der Waals surface area (Å²) in [6, 6.07) is -0.537. The van der Waals surface area contributed by atoms with Crippen molar-refractivity contribution in [2.24, 2.45) is 11.7 Å². The van der Waals surface area contributed by atoms with Gasteiger partial charge in [0.1, 0.15) is 0 Å². The van der Waals surface area contributed by atoms with Gasteiger partial charge in [0.15, 0.2) is 0 Å². The van der Waals surface area contributed by atoms with Crippen LogP contribution in [0.4, 0.5) is 0 Å². The number of nitrogens with one attached hydrogen (secondary N) is 1. The lowest BCUT2D eigenvalue weighted by Gasteiger charge is -2.18. The maximum absolute atomic E-state index is 11.5. The Hall–Kier alpha value is -1.10. The average molecular weight is 215 g/mol. The van der Waals surface area contributed by atoms with Crippen molar-refractivity contribution >= 4 is 11.8 Å². The van der Waals surface area contributed by atoms with Crippen molar-refractivity contribution in [2.75, 3.05) is 20.6 Å². The highest BCUT2D eigenvalue weighted by Gasteiger charge is 2.19. The maximum atomic E-state index is 11.5. The van der Waals surface area contributed by atoms with Crippen LogP contribution in [0.25, 0.3) is 0 Å². The zero-order valence-electron chi connectivity index (χ0n) is 9.91. The first-order chi connectivity index (χ1) is 6.90. The summed E-state index contributed by atoms with van der Waals surface area (Å²) in [6.45, 7) is 3.90. The predicted molar refractivity (Wildman–Crippen MR) is 59.1 cm³/mol. The van der Waals surface area contributed by atoms with Crippen LogP contribution < -0.4 is 11.1 Å². The van der Waals surface area contributed by atoms with Crippen LogP contribution in [-0.4, -0.2) is 43.4 Å². The summed E-state index contributed by atoms with van der Waals surface area (Å²) in [4.78, 5) is 24.1. The van der Waals surface area contributed by atoms with E-state index in [0.717, 1.165) is 6.42 Å². The van der Waals surface area contributed by atoms with Crippen LogP contribution in [0.5, 0.6) is 0 Å². The van der Waals surface area contributed by atoms with E-state index in [1.807, 2.05) is 13.8 Å². The van der Waals surface area contributed by atoms with Gasteiger partial charge in [-0.1, -0.05) is 20.3 Å². The Morgan fingerprint density at radius 2 is 1.93 bits per heavy atom. The second-order valence-corrected chi connectivity index (χ2v) is 3.92. The van der Waals surface area contributed by atoms with Crippen LogP contribution in [0.3, 0.4) is 0 Å². The van der Waals surface area contributed by atoms with E-state index in [0.29, 0.717) is 0 Å². The molecule has 5 heteroatoms. The third-order valence-electron chi connectivity index (χ3n) is 2.47. The zero-order valence-corrected chi connectivity index (χ0v) is 9.91. The smallest absolute Gasteiger partial charge is 0.241 e. The SMILES string of the molecule is CC[C@H](C)[C@H](N)C(=O)NCC(=O)N(C)C. The predicted octanol–water partition coefficient (Wildman–Crippen LogP) is -0.436. The van der Waals surface area contributed by atoms with Gasteiger partial charge in [0, 0.05) is 14.1 Å². The lowest BCUT2D eigenvalue weighted by atomic mass is 9.99. The number of nitrogens with zero attached hydrogens (tertiary/aromatic N) is 1. The molecule has 0 aromatic carbocycles. The van der Waals surface area contributed by atoms with Crippen molar-refractivity contribution in [3.63, 3.8) is 0 Å². The van der Waals surface area contributed by atoms with Crippen LogP contribution in [-0.2, 0) is 9.59 Å². The third-order valence-corrected chi connectivity index (χ3v) is 2.47. The Balaban J connectivity index is 3.99. The molecule has 15 heavy (non-hydrogen) atoms. The van der Waals surface area contributed by atoms with Crippen molar-refractivity contribution in [3.05, 3.63) is 0 Å². The summed E-state index contributed by atoms with van der Waals surface area (Å²) in [7, 11) is 3.28. The van der Waals surface area contributed by atoms with E-state index < -0.39 is 6.04 Å². The van der Waals surface area contributed by atoms with Gasteiger partial charge in [0.25, 0.3) is 0 Å². The molecule has 0 aliphatic rings. The van der Waals surface area contributed by atoms with Gasteiger partial charge in [-0.3, -0.25) is 9.59 Å². The summed E-state index contributed by atoms with van der Waals surface area (Å²) in [5.41, 5.74) is 5.70. The lowest BCUT2D eigenvalue weighted by molar-refractivity contribution is -0.131. The Morgan fingerprint density at radius 1 is 1.40 bits per heavy atom. The van der Waals surface area contributed by atoms with E-state index in [9.17, 15) is 9.59 Å². The van der Waals surface area contributed by atoms with Gasteiger partial charge >= 0.3 is 0 Å². The maximum Gasteiger partial charge on any atom is 0.241 e. The molecule has 2 atom stereocenters. The number of carbonyl (C=O) groups excluding carboxylic acids is 2. The molecule has 0 aliphatic heterocycles. The van der Waals surface area contributed by atoms with Crippen LogP contribution in [0.15, 0.2) is 0 Å². The molecule has 5 nitrogen and oxygen atoms in total. The van der Waals surface area contributed by atoms with Crippen molar-refractivity contribution in [2.45, 2.75) is 26.3 Å². The van der Waals surface area contributed by atoms with Crippen molar-refractivity contribution < 1.29 is 9.59 Å². The Bertz CT molecular complexity index is 229. The van der Waals surface area contributed by atoms with Gasteiger partial charge in [-0.15, -0.1) is 0 Å². The van der Waals surface area contributed by atoms with Crippen LogP contribution >= 0.6 is 0 Å². The average Bonchev–Trinajstić information content (AvgIpc) is 2.22. The molecule has 0 unspecified atom stereocenters. The number of amides is 2. The number of hydrogen-bond acceptors (Lipinski definition) is 3. The Labute approximate surface area is 91.0 Å². The highest BCUT2D eigenvalue weighted by atomic mass is 16.2. The molecule has 0 aromatic rings. The van der Waals surface area contributed by atoms with E-state index in [2.05, 4.69) is 5.32 Å². The van der Waals surface area contributed by atoms with Crippen molar-refractivity contribution in [1.82, 2.24) is 10.2 Å². The molecule has 88 valence electrons. The fourth-order valence-electron chi connectivity index (χ4n) is 0.951. The molecule has 0 fully saturated rings. The van der Waals surface area contributed by atoms with E-state index in [-0.39, 0.29) is 24.3 Å². The van der Waals surface area contributed by atoms with E-state index >= 15 is 0 Å². The minimum absolute atomic E-state index is 0.00989. The fraction of sp³-hybridized carbons (Fsp3) is 0.800. The number of likely N-dealkylation sites (N-methyl/N-ethyl adjacent to an activating group) is 1. The molecule has 2 amide bonds. The molecule has 0 spiro atoms. The van der Waals surface area contributed by atoms with E-state index in [1.165, 1.54) is 4.90 Å². The van der Waals surface area contributed by atoms with Crippen LogP contribution in [0.1, 0.15) is 20.3 Å². The molecular weight excluding hydrogens is 194 g/mol. The second kappa shape index (κ2) is 6.40. The first-order valence-corrected chi connectivity index (χ1v) is 5.13. The van der Waals surface area contributed by atoms with Gasteiger partial charge in [-0.05, 0) is 5.92 Å². The highest BCUT2D eigenvalue weighted by Crippen LogP contribution is 2.04. The third kappa shape index (κ3) is 4.78. The molecule has 0 radical (unpaired) electrons. The summed E-state index contributed by atoms with van der Waals surface area (Å²) >= 11 is 0. The highest BCUT2D eigenvalue weighted by molar-refractivity contribution is 5.87. The van der Waals surface area contributed by atoms with Gasteiger partial charge in [0.2, 0.25) is 11.8 Å². The van der Waals surface area contributed by atoms with E-state index in [1.54, 1.807) is 14.1 Å². The molecule has 0 aliphatic carbocycles. The van der Waals surface area contributed by atoms with Gasteiger partial charge in [-0.25, -0.2) is 0 Å². The molecule has 0 aromatic heterocycles. The molecule has 0 saturated carbocycles. The van der Waals surface area contributed by atoms with Crippen LogP contribution in [0.2, 0.25) is 0 Å². The number of carbonyl (C=O) groups is 2. The largest absolute Gasteiger partial charge is 0.347 e. The molecule has 3 N–H and O–H groups in total. The molecule has 0 heterocycles. The van der Waals surface area contributed by atoms with Gasteiger partial charge in [0.05, 0.1) is 12.6 Å². The summed E-state index contributed by atoms with van der Waals surface area (Å²) in [5, 5.41) is 2.52. The summed E-state index contributed by atoms with van der Waals surface area (Å²) < 4.78 is 0. The number of rotatable bonds is 5. The Morgan fingerprint density at radius 3 is 2.33 bits per heavy atom.